The third kappa shape index (κ3) is 4.65. The molecule has 2 heterocycles. The molecule has 0 spiro atoms. The number of anilines is 4. The summed E-state index contributed by atoms with van der Waals surface area (Å²) in [5, 5.41) is 3.45. The number of aromatic nitrogens is 2. The monoisotopic (exact) mass is 353 g/mol. The van der Waals surface area contributed by atoms with Crippen LogP contribution in [0.1, 0.15) is 45.4 Å². The lowest BCUT2D eigenvalue weighted by atomic mass is 10.2. The second-order valence-corrected chi connectivity index (χ2v) is 6.90. The van der Waals surface area contributed by atoms with E-state index in [1.165, 1.54) is 31.4 Å². The summed E-state index contributed by atoms with van der Waals surface area (Å²) >= 11 is 0. The summed E-state index contributed by atoms with van der Waals surface area (Å²) in [5.41, 5.74) is 2.31. The van der Waals surface area contributed by atoms with Gasteiger partial charge in [-0.2, -0.15) is 0 Å². The fourth-order valence-electron chi connectivity index (χ4n) is 3.57. The van der Waals surface area contributed by atoms with Crippen LogP contribution in [-0.4, -0.2) is 36.1 Å². The molecule has 3 rings (SSSR count). The zero-order valence-corrected chi connectivity index (χ0v) is 16.3. The summed E-state index contributed by atoms with van der Waals surface area (Å²) in [5.74, 6) is 2.73. The van der Waals surface area contributed by atoms with Gasteiger partial charge in [0.25, 0.3) is 0 Å². The molecule has 1 aromatic heterocycles. The maximum atomic E-state index is 4.67. The molecule has 0 aliphatic carbocycles. The van der Waals surface area contributed by atoms with Crippen LogP contribution in [-0.2, 0) is 0 Å². The lowest BCUT2D eigenvalue weighted by molar-refractivity contribution is 0.726. The summed E-state index contributed by atoms with van der Waals surface area (Å²) in [6, 6.07) is 10.7. The highest BCUT2D eigenvalue weighted by molar-refractivity contribution is 5.62. The Morgan fingerprint density at radius 1 is 0.962 bits per heavy atom. The quantitative estimate of drug-likeness (QED) is 0.811. The molecular weight excluding hydrogens is 322 g/mol. The third-order valence-corrected chi connectivity index (χ3v) is 5.02. The molecule has 0 saturated carbocycles. The molecule has 1 saturated heterocycles. The van der Waals surface area contributed by atoms with E-state index in [1.54, 1.807) is 0 Å². The van der Waals surface area contributed by atoms with Gasteiger partial charge in [-0.3, -0.25) is 0 Å². The van der Waals surface area contributed by atoms with Crippen molar-refractivity contribution in [1.82, 2.24) is 9.97 Å². The molecule has 2 aromatic rings. The van der Waals surface area contributed by atoms with Crippen molar-refractivity contribution in [3.63, 3.8) is 0 Å². The Balaban J connectivity index is 1.75. The molecule has 0 bridgehead atoms. The summed E-state index contributed by atoms with van der Waals surface area (Å²) in [4.78, 5) is 14.0. The number of benzene rings is 1. The van der Waals surface area contributed by atoms with Crippen LogP contribution < -0.4 is 15.1 Å². The molecule has 1 aromatic carbocycles. The second kappa shape index (κ2) is 8.88. The molecule has 1 fully saturated rings. The first-order valence-corrected chi connectivity index (χ1v) is 9.92. The fourth-order valence-corrected chi connectivity index (χ4v) is 3.57. The molecule has 0 atom stereocenters. The normalized spacial score (nSPS) is 14.8. The molecule has 1 N–H and O–H groups in total. The molecule has 5 heteroatoms. The maximum Gasteiger partial charge on any atom is 0.136 e. The number of rotatable bonds is 6. The van der Waals surface area contributed by atoms with Crippen LogP contribution in [0.4, 0.5) is 23.0 Å². The maximum absolute atomic E-state index is 4.67. The first-order chi connectivity index (χ1) is 12.7. The van der Waals surface area contributed by atoms with Crippen LogP contribution in [0.25, 0.3) is 0 Å². The predicted octanol–water partition coefficient (Wildman–Crippen LogP) is 4.76. The van der Waals surface area contributed by atoms with Gasteiger partial charge in [-0.05, 0) is 57.9 Å². The third-order valence-electron chi connectivity index (χ3n) is 5.02. The van der Waals surface area contributed by atoms with Crippen molar-refractivity contribution < 1.29 is 0 Å². The minimum atomic E-state index is 0.814. The smallest absolute Gasteiger partial charge is 0.136 e. The molecule has 0 radical (unpaired) electrons. The van der Waals surface area contributed by atoms with E-state index < -0.39 is 0 Å². The Morgan fingerprint density at radius 2 is 1.62 bits per heavy atom. The van der Waals surface area contributed by atoms with Gasteiger partial charge in [0.2, 0.25) is 0 Å². The standard InChI is InChI=1S/C21H31N5/c1-4-25(5-2)19-12-10-18(11-13-19)24-20-16-21(23-17(3)22-20)26-14-8-6-7-9-15-26/h10-13,16H,4-9,14-15H2,1-3H3,(H,22,23,24). The zero-order valence-electron chi connectivity index (χ0n) is 16.3. The Kier molecular flexibility index (Phi) is 6.31. The molecule has 0 amide bonds. The summed E-state index contributed by atoms with van der Waals surface area (Å²) < 4.78 is 0. The van der Waals surface area contributed by atoms with Crippen molar-refractivity contribution >= 4 is 23.0 Å². The highest BCUT2D eigenvalue weighted by atomic mass is 15.2. The van der Waals surface area contributed by atoms with Gasteiger partial charge in [-0.1, -0.05) is 12.8 Å². The Labute approximate surface area is 157 Å². The number of hydrogen-bond acceptors (Lipinski definition) is 5. The average molecular weight is 354 g/mol. The van der Waals surface area contributed by atoms with E-state index in [2.05, 4.69) is 69.3 Å². The van der Waals surface area contributed by atoms with E-state index >= 15 is 0 Å². The Morgan fingerprint density at radius 3 is 2.23 bits per heavy atom. The molecule has 26 heavy (non-hydrogen) atoms. The van der Waals surface area contributed by atoms with Crippen LogP contribution >= 0.6 is 0 Å². The van der Waals surface area contributed by atoms with E-state index in [4.69, 9.17) is 0 Å². The summed E-state index contributed by atoms with van der Waals surface area (Å²) in [6.45, 7) is 10.6. The molecule has 1 aliphatic heterocycles. The van der Waals surface area contributed by atoms with E-state index in [9.17, 15) is 0 Å². The average Bonchev–Trinajstić information content (AvgIpc) is 2.93. The minimum absolute atomic E-state index is 0.814. The van der Waals surface area contributed by atoms with E-state index in [-0.39, 0.29) is 0 Å². The number of aryl methyl sites for hydroxylation is 1. The van der Waals surface area contributed by atoms with Gasteiger partial charge in [-0.25, -0.2) is 9.97 Å². The fraction of sp³-hybridized carbons (Fsp3) is 0.524. The summed E-state index contributed by atoms with van der Waals surface area (Å²) in [7, 11) is 0. The molecule has 0 unspecified atom stereocenters. The predicted molar refractivity (Wildman–Crippen MR) is 111 cm³/mol. The van der Waals surface area contributed by atoms with Crippen molar-refractivity contribution in [3.05, 3.63) is 36.2 Å². The van der Waals surface area contributed by atoms with E-state index in [0.29, 0.717) is 0 Å². The summed E-state index contributed by atoms with van der Waals surface area (Å²) in [6.07, 6.45) is 5.15. The molecule has 1 aliphatic rings. The van der Waals surface area contributed by atoms with Crippen LogP contribution in [0.2, 0.25) is 0 Å². The first kappa shape index (κ1) is 18.5. The van der Waals surface area contributed by atoms with Gasteiger partial charge < -0.3 is 15.1 Å². The topological polar surface area (TPSA) is 44.3 Å². The Bertz CT molecular complexity index is 686. The zero-order chi connectivity index (χ0) is 18.4. The first-order valence-electron chi connectivity index (χ1n) is 9.92. The van der Waals surface area contributed by atoms with Crippen molar-refractivity contribution in [2.45, 2.75) is 46.5 Å². The minimum Gasteiger partial charge on any atom is -0.372 e. The van der Waals surface area contributed by atoms with E-state index in [0.717, 1.165) is 49.3 Å². The number of nitrogens with one attached hydrogen (secondary N) is 1. The van der Waals surface area contributed by atoms with Crippen LogP contribution in [0.3, 0.4) is 0 Å². The Hall–Kier alpha value is -2.30. The molecule has 140 valence electrons. The van der Waals surface area contributed by atoms with Crippen molar-refractivity contribution in [1.29, 1.82) is 0 Å². The lowest BCUT2D eigenvalue weighted by Gasteiger charge is -2.22. The van der Waals surface area contributed by atoms with Crippen molar-refractivity contribution in [2.75, 3.05) is 41.3 Å². The van der Waals surface area contributed by atoms with E-state index in [1.807, 2.05) is 6.92 Å². The van der Waals surface area contributed by atoms with Gasteiger partial charge in [-0.15, -0.1) is 0 Å². The van der Waals surface area contributed by atoms with Gasteiger partial charge in [0.1, 0.15) is 17.5 Å². The molecule has 5 nitrogen and oxygen atoms in total. The second-order valence-electron chi connectivity index (χ2n) is 6.90. The van der Waals surface area contributed by atoms with Crippen LogP contribution in [0, 0.1) is 6.92 Å². The number of nitrogens with zero attached hydrogens (tertiary/aromatic N) is 4. The largest absolute Gasteiger partial charge is 0.372 e. The van der Waals surface area contributed by atoms with Gasteiger partial charge in [0, 0.05) is 43.6 Å². The van der Waals surface area contributed by atoms with Crippen molar-refractivity contribution in [3.8, 4) is 0 Å². The number of hydrogen-bond donors (Lipinski definition) is 1. The lowest BCUT2D eigenvalue weighted by Crippen LogP contribution is -2.25. The van der Waals surface area contributed by atoms with Gasteiger partial charge in [0.15, 0.2) is 0 Å². The molecular formula is C21H31N5. The van der Waals surface area contributed by atoms with Crippen LogP contribution in [0.5, 0.6) is 0 Å². The van der Waals surface area contributed by atoms with Crippen molar-refractivity contribution in [2.24, 2.45) is 0 Å². The van der Waals surface area contributed by atoms with Gasteiger partial charge in [0.05, 0.1) is 0 Å². The van der Waals surface area contributed by atoms with Gasteiger partial charge >= 0.3 is 0 Å². The SMILES string of the molecule is CCN(CC)c1ccc(Nc2cc(N3CCCCCC3)nc(C)n2)cc1. The van der Waals surface area contributed by atoms with Crippen LogP contribution in [0.15, 0.2) is 30.3 Å². The highest BCUT2D eigenvalue weighted by Crippen LogP contribution is 2.24. The highest BCUT2D eigenvalue weighted by Gasteiger charge is 2.13.